The lowest BCUT2D eigenvalue weighted by Crippen LogP contribution is -2.13. The maximum atomic E-state index is 12.2. The summed E-state index contributed by atoms with van der Waals surface area (Å²) in [5.41, 5.74) is 2.52. The zero-order valence-corrected chi connectivity index (χ0v) is 12.8. The van der Waals surface area contributed by atoms with Gasteiger partial charge in [0.15, 0.2) is 0 Å². The van der Waals surface area contributed by atoms with Crippen molar-refractivity contribution in [3.8, 4) is 11.8 Å². The standard InChI is InChI=1S/C17H17N3O2/c1-12-4-7-15(20(12)2)10-13(11-18)17(21)19-14-5-8-16(22-3)9-6-14/h4-10H,1-3H3,(H,19,21)/b13-10-. The van der Waals surface area contributed by atoms with Crippen molar-refractivity contribution in [3.05, 3.63) is 53.4 Å². The second kappa shape index (κ2) is 6.64. The number of amides is 1. The Hall–Kier alpha value is -3.00. The minimum Gasteiger partial charge on any atom is -0.497 e. The highest BCUT2D eigenvalue weighted by Crippen LogP contribution is 2.16. The van der Waals surface area contributed by atoms with Crippen LogP contribution in [0.5, 0.6) is 5.75 Å². The summed E-state index contributed by atoms with van der Waals surface area (Å²) in [5, 5.41) is 11.9. The number of aryl methyl sites for hydroxylation is 1. The molecule has 0 saturated carbocycles. The van der Waals surface area contributed by atoms with Crippen molar-refractivity contribution in [2.45, 2.75) is 6.92 Å². The van der Waals surface area contributed by atoms with Gasteiger partial charge < -0.3 is 14.6 Å². The molecule has 0 aliphatic rings. The number of nitrogens with one attached hydrogen (secondary N) is 1. The number of nitrogens with zero attached hydrogens (tertiary/aromatic N) is 2. The predicted molar refractivity (Wildman–Crippen MR) is 85.4 cm³/mol. The third kappa shape index (κ3) is 3.36. The molecule has 2 rings (SSSR count). The average molecular weight is 295 g/mol. The number of ether oxygens (including phenoxy) is 1. The van der Waals surface area contributed by atoms with E-state index in [2.05, 4.69) is 5.32 Å². The van der Waals surface area contributed by atoms with E-state index >= 15 is 0 Å². The number of hydrogen-bond acceptors (Lipinski definition) is 3. The molecule has 0 bridgehead atoms. The highest BCUT2D eigenvalue weighted by molar-refractivity contribution is 6.09. The van der Waals surface area contributed by atoms with Crippen LogP contribution in [-0.2, 0) is 11.8 Å². The lowest BCUT2D eigenvalue weighted by atomic mass is 10.2. The fraction of sp³-hybridized carbons (Fsp3) is 0.176. The van der Waals surface area contributed by atoms with Crippen molar-refractivity contribution >= 4 is 17.7 Å². The van der Waals surface area contributed by atoms with E-state index in [1.165, 1.54) is 0 Å². The van der Waals surface area contributed by atoms with Gasteiger partial charge in [-0.2, -0.15) is 5.26 Å². The summed E-state index contributed by atoms with van der Waals surface area (Å²) in [6, 6.07) is 12.7. The summed E-state index contributed by atoms with van der Waals surface area (Å²) in [6.45, 7) is 1.96. The first-order chi connectivity index (χ1) is 10.5. The molecule has 1 aromatic heterocycles. The van der Waals surface area contributed by atoms with Gasteiger partial charge in [0.25, 0.3) is 5.91 Å². The Bertz CT molecular complexity index is 749. The van der Waals surface area contributed by atoms with Crippen LogP contribution in [0.15, 0.2) is 42.0 Å². The molecule has 0 unspecified atom stereocenters. The molecule has 22 heavy (non-hydrogen) atoms. The molecule has 0 saturated heterocycles. The molecule has 0 aliphatic carbocycles. The van der Waals surface area contributed by atoms with E-state index in [1.54, 1.807) is 37.5 Å². The van der Waals surface area contributed by atoms with Crippen molar-refractivity contribution in [1.29, 1.82) is 5.26 Å². The molecule has 0 aliphatic heterocycles. The lowest BCUT2D eigenvalue weighted by molar-refractivity contribution is -0.112. The molecule has 0 spiro atoms. The van der Waals surface area contributed by atoms with Gasteiger partial charge in [-0.1, -0.05) is 0 Å². The molecular formula is C17H17N3O2. The van der Waals surface area contributed by atoms with Crippen LogP contribution in [-0.4, -0.2) is 17.6 Å². The Kier molecular flexibility index (Phi) is 4.64. The molecule has 0 radical (unpaired) electrons. The van der Waals surface area contributed by atoms with Crippen LogP contribution in [0.2, 0.25) is 0 Å². The van der Waals surface area contributed by atoms with Gasteiger partial charge in [0.2, 0.25) is 0 Å². The second-order valence-corrected chi connectivity index (χ2v) is 4.81. The van der Waals surface area contributed by atoms with Crippen molar-refractivity contribution in [2.24, 2.45) is 7.05 Å². The molecular weight excluding hydrogens is 278 g/mol. The van der Waals surface area contributed by atoms with Gasteiger partial charge in [-0.15, -0.1) is 0 Å². The largest absolute Gasteiger partial charge is 0.497 e. The highest BCUT2D eigenvalue weighted by Gasteiger charge is 2.11. The normalized spacial score (nSPS) is 10.9. The van der Waals surface area contributed by atoms with Crippen LogP contribution in [0.4, 0.5) is 5.69 Å². The Morgan fingerprint density at radius 3 is 2.45 bits per heavy atom. The van der Waals surface area contributed by atoms with Gasteiger partial charge >= 0.3 is 0 Å². The first-order valence-electron chi connectivity index (χ1n) is 6.74. The molecule has 5 heteroatoms. The highest BCUT2D eigenvalue weighted by atomic mass is 16.5. The summed E-state index contributed by atoms with van der Waals surface area (Å²) in [4.78, 5) is 12.2. The smallest absolute Gasteiger partial charge is 0.266 e. The molecule has 1 heterocycles. The van der Waals surface area contributed by atoms with Crippen LogP contribution < -0.4 is 10.1 Å². The van der Waals surface area contributed by atoms with Gasteiger partial charge in [0.1, 0.15) is 17.4 Å². The lowest BCUT2D eigenvalue weighted by Gasteiger charge is -2.06. The topological polar surface area (TPSA) is 67.0 Å². The number of anilines is 1. The number of aromatic nitrogens is 1. The van der Waals surface area contributed by atoms with Crippen LogP contribution in [0.25, 0.3) is 6.08 Å². The summed E-state index contributed by atoms with van der Waals surface area (Å²) in [6.07, 6.45) is 1.58. The number of benzene rings is 1. The first kappa shape index (κ1) is 15.4. The van der Waals surface area contributed by atoms with E-state index in [-0.39, 0.29) is 5.57 Å². The van der Waals surface area contributed by atoms with Crippen LogP contribution in [0, 0.1) is 18.3 Å². The molecule has 0 atom stereocenters. The molecule has 0 fully saturated rings. The molecule has 5 nitrogen and oxygen atoms in total. The van der Waals surface area contributed by atoms with E-state index in [9.17, 15) is 10.1 Å². The number of carbonyl (C=O) groups excluding carboxylic acids is 1. The van der Waals surface area contributed by atoms with E-state index in [0.29, 0.717) is 11.4 Å². The quantitative estimate of drug-likeness (QED) is 0.696. The fourth-order valence-electron chi connectivity index (χ4n) is 1.95. The summed E-state index contributed by atoms with van der Waals surface area (Å²) >= 11 is 0. The first-order valence-corrected chi connectivity index (χ1v) is 6.74. The Morgan fingerprint density at radius 1 is 1.27 bits per heavy atom. The summed E-state index contributed by atoms with van der Waals surface area (Å²) in [5.74, 6) is 0.264. The Balaban J connectivity index is 2.18. The van der Waals surface area contributed by atoms with Crippen molar-refractivity contribution < 1.29 is 9.53 Å². The Labute approximate surface area is 129 Å². The van der Waals surface area contributed by atoms with E-state index in [4.69, 9.17) is 4.74 Å². The van der Waals surface area contributed by atoms with Crippen LogP contribution in [0.3, 0.4) is 0 Å². The minimum absolute atomic E-state index is 0.0528. The fourth-order valence-corrected chi connectivity index (χ4v) is 1.95. The number of carbonyl (C=O) groups is 1. The van der Waals surface area contributed by atoms with Gasteiger partial charge in [-0.3, -0.25) is 4.79 Å². The molecule has 1 aromatic carbocycles. The van der Waals surface area contributed by atoms with Crippen LogP contribution in [0.1, 0.15) is 11.4 Å². The second-order valence-electron chi connectivity index (χ2n) is 4.81. The van der Waals surface area contributed by atoms with Crippen molar-refractivity contribution in [2.75, 3.05) is 12.4 Å². The van der Waals surface area contributed by atoms with Crippen molar-refractivity contribution in [3.63, 3.8) is 0 Å². The molecule has 112 valence electrons. The third-order valence-electron chi connectivity index (χ3n) is 3.42. The van der Waals surface area contributed by atoms with Gasteiger partial charge in [0, 0.05) is 24.1 Å². The van der Waals surface area contributed by atoms with Gasteiger partial charge in [-0.05, 0) is 49.4 Å². The molecule has 1 amide bonds. The Morgan fingerprint density at radius 2 is 1.95 bits per heavy atom. The van der Waals surface area contributed by atoms with E-state index < -0.39 is 5.91 Å². The van der Waals surface area contributed by atoms with Gasteiger partial charge in [-0.25, -0.2) is 0 Å². The average Bonchev–Trinajstić information content (AvgIpc) is 2.85. The summed E-state index contributed by atoms with van der Waals surface area (Å²) < 4.78 is 6.97. The summed E-state index contributed by atoms with van der Waals surface area (Å²) in [7, 11) is 3.46. The van der Waals surface area contributed by atoms with Crippen LogP contribution >= 0.6 is 0 Å². The van der Waals surface area contributed by atoms with Crippen molar-refractivity contribution in [1.82, 2.24) is 4.57 Å². The van der Waals surface area contributed by atoms with Gasteiger partial charge in [0.05, 0.1) is 7.11 Å². The number of methoxy groups -OCH3 is 1. The van der Waals surface area contributed by atoms with E-state index in [1.807, 2.05) is 36.7 Å². The predicted octanol–water partition coefficient (Wildman–Crippen LogP) is 2.89. The number of nitriles is 1. The van der Waals surface area contributed by atoms with E-state index in [0.717, 1.165) is 11.4 Å². The monoisotopic (exact) mass is 295 g/mol. The maximum absolute atomic E-state index is 12.2. The number of rotatable bonds is 4. The number of hydrogen-bond donors (Lipinski definition) is 1. The molecule has 2 aromatic rings. The minimum atomic E-state index is -0.438. The third-order valence-corrected chi connectivity index (χ3v) is 3.42. The zero-order chi connectivity index (χ0) is 16.1. The SMILES string of the molecule is COc1ccc(NC(=O)/C(C#N)=C\c2ccc(C)n2C)cc1. The molecule has 1 N–H and O–H groups in total. The maximum Gasteiger partial charge on any atom is 0.266 e. The zero-order valence-electron chi connectivity index (χ0n) is 12.8.